The number of benzene rings is 1. The van der Waals surface area contributed by atoms with Crippen molar-refractivity contribution in [3.63, 3.8) is 0 Å². The number of hydrogen-bond acceptors (Lipinski definition) is 4. The summed E-state index contributed by atoms with van der Waals surface area (Å²) in [4.78, 5) is 14.2. The second-order valence-corrected chi connectivity index (χ2v) is 6.28. The first kappa shape index (κ1) is 19.6. The molecule has 1 aromatic heterocycles. The molecule has 25 heavy (non-hydrogen) atoms. The van der Waals surface area contributed by atoms with Crippen molar-refractivity contribution in [2.45, 2.75) is 19.4 Å². The van der Waals surface area contributed by atoms with Crippen molar-refractivity contribution < 1.29 is 9.53 Å². The van der Waals surface area contributed by atoms with E-state index in [1.54, 1.807) is 24.1 Å². The third-order valence-corrected chi connectivity index (χ3v) is 4.29. The molecule has 0 bridgehead atoms. The normalized spacial score (nSPS) is 12.9. The fourth-order valence-electron chi connectivity index (χ4n) is 2.73. The van der Waals surface area contributed by atoms with E-state index < -0.39 is 0 Å². The molecule has 1 aromatic carbocycles. The monoisotopic (exact) mass is 384 g/mol. The summed E-state index contributed by atoms with van der Waals surface area (Å²) < 4.78 is 5.64. The van der Waals surface area contributed by atoms with Crippen LogP contribution in [0.5, 0.6) is 5.75 Å². The van der Waals surface area contributed by atoms with Crippen LogP contribution in [0.1, 0.15) is 28.2 Å². The van der Waals surface area contributed by atoms with Gasteiger partial charge in [0.1, 0.15) is 5.75 Å². The smallest absolute Gasteiger partial charge is 0.274 e. The van der Waals surface area contributed by atoms with Crippen molar-refractivity contribution >= 4 is 29.9 Å². The van der Waals surface area contributed by atoms with Crippen molar-refractivity contribution in [3.8, 4) is 5.75 Å². The van der Waals surface area contributed by atoms with Gasteiger partial charge < -0.3 is 15.0 Å². The van der Waals surface area contributed by atoms with Crippen molar-refractivity contribution in [1.82, 2.24) is 20.4 Å². The van der Waals surface area contributed by atoms with Gasteiger partial charge in [-0.3, -0.25) is 9.89 Å². The second-order valence-electron chi connectivity index (χ2n) is 5.84. The lowest BCUT2D eigenvalue weighted by molar-refractivity contribution is 0.0780. The molecular formula is C17H22Cl2N4O2. The zero-order valence-corrected chi connectivity index (χ0v) is 15.6. The zero-order valence-electron chi connectivity index (χ0n) is 14.0. The molecule has 0 radical (unpaired) electrons. The van der Waals surface area contributed by atoms with Gasteiger partial charge in [0, 0.05) is 49.4 Å². The lowest BCUT2D eigenvalue weighted by atomic mass is 10.1. The van der Waals surface area contributed by atoms with E-state index in [1.165, 1.54) is 0 Å². The Morgan fingerprint density at radius 2 is 2.28 bits per heavy atom. The minimum Gasteiger partial charge on any atom is -0.493 e. The van der Waals surface area contributed by atoms with Gasteiger partial charge in [0.15, 0.2) is 5.69 Å². The lowest BCUT2D eigenvalue weighted by Gasteiger charge is -2.18. The summed E-state index contributed by atoms with van der Waals surface area (Å²) in [7, 11) is 1.79. The third kappa shape index (κ3) is 4.87. The van der Waals surface area contributed by atoms with Crippen LogP contribution in [0, 0.1) is 0 Å². The molecule has 3 rings (SSSR count). The first-order chi connectivity index (χ1) is 11.6. The van der Waals surface area contributed by atoms with Crippen LogP contribution in [0.15, 0.2) is 24.3 Å². The van der Waals surface area contributed by atoms with Crippen LogP contribution in [0.3, 0.4) is 0 Å². The predicted molar refractivity (Wildman–Crippen MR) is 99.8 cm³/mol. The molecule has 2 heterocycles. The van der Waals surface area contributed by atoms with Crippen LogP contribution >= 0.6 is 24.0 Å². The van der Waals surface area contributed by atoms with Crippen LogP contribution < -0.4 is 10.1 Å². The summed E-state index contributed by atoms with van der Waals surface area (Å²) in [6.45, 7) is 2.74. The molecule has 136 valence electrons. The van der Waals surface area contributed by atoms with Crippen LogP contribution in [-0.2, 0) is 13.0 Å². The van der Waals surface area contributed by atoms with Crippen molar-refractivity contribution in [2.24, 2.45) is 0 Å². The molecule has 0 fully saturated rings. The Bertz CT molecular complexity index is 720. The number of aromatic nitrogens is 2. The van der Waals surface area contributed by atoms with E-state index in [2.05, 4.69) is 15.5 Å². The second kappa shape index (κ2) is 9.08. The van der Waals surface area contributed by atoms with Gasteiger partial charge in [0.2, 0.25) is 0 Å². The number of fused-ring (bicyclic) bond motifs is 1. The van der Waals surface area contributed by atoms with E-state index in [9.17, 15) is 4.79 Å². The number of carbonyl (C=O) groups is 1. The van der Waals surface area contributed by atoms with E-state index in [-0.39, 0.29) is 18.3 Å². The van der Waals surface area contributed by atoms with E-state index in [4.69, 9.17) is 16.3 Å². The largest absolute Gasteiger partial charge is 0.493 e. The molecule has 0 saturated carbocycles. The van der Waals surface area contributed by atoms with Gasteiger partial charge in [-0.05, 0) is 24.6 Å². The van der Waals surface area contributed by atoms with Crippen LogP contribution in [0.4, 0.5) is 0 Å². The molecule has 1 amide bonds. The molecule has 6 nitrogen and oxygen atoms in total. The highest BCUT2D eigenvalue weighted by molar-refractivity contribution is 6.30. The van der Waals surface area contributed by atoms with Gasteiger partial charge in [-0.1, -0.05) is 17.7 Å². The highest BCUT2D eigenvalue weighted by Crippen LogP contribution is 2.18. The Morgan fingerprint density at radius 3 is 3.08 bits per heavy atom. The quantitative estimate of drug-likeness (QED) is 0.751. The number of halogens is 2. The average Bonchev–Trinajstić information content (AvgIpc) is 3.02. The first-order valence-electron chi connectivity index (χ1n) is 8.06. The number of amides is 1. The maximum absolute atomic E-state index is 12.5. The lowest BCUT2D eigenvalue weighted by Crippen LogP contribution is -2.31. The number of rotatable bonds is 6. The number of aromatic amines is 1. The Kier molecular flexibility index (Phi) is 7.11. The van der Waals surface area contributed by atoms with Gasteiger partial charge in [-0.2, -0.15) is 5.10 Å². The standard InChI is InChI=1S/C17H21ClN4O2.ClH/c1-22(8-3-9-24-13-5-2-4-12(18)10-13)17(23)16-14-11-19-7-6-15(14)20-21-16;/h2,4-5,10,19H,3,6-9,11H2,1H3,(H,20,21);1H. The number of nitrogens with zero attached hydrogens (tertiary/aromatic N) is 2. The van der Waals surface area contributed by atoms with E-state index in [1.807, 2.05) is 12.1 Å². The molecule has 0 spiro atoms. The summed E-state index contributed by atoms with van der Waals surface area (Å²) in [6.07, 6.45) is 1.62. The van der Waals surface area contributed by atoms with Gasteiger partial charge in [-0.25, -0.2) is 0 Å². The number of carbonyl (C=O) groups excluding carboxylic acids is 1. The summed E-state index contributed by atoms with van der Waals surface area (Å²) in [5.74, 6) is 0.683. The predicted octanol–water partition coefficient (Wildman–Crippen LogP) is 2.67. The maximum atomic E-state index is 12.5. The van der Waals surface area contributed by atoms with Crippen LogP contribution in [-0.4, -0.2) is 47.7 Å². The molecule has 2 aromatic rings. The van der Waals surface area contributed by atoms with E-state index >= 15 is 0 Å². The van der Waals surface area contributed by atoms with Crippen molar-refractivity contribution in [3.05, 3.63) is 46.2 Å². The van der Waals surface area contributed by atoms with Gasteiger partial charge >= 0.3 is 0 Å². The van der Waals surface area contributed by atoms with Crippen molar-refractivity contribution in [1.29, 1.82) is 0 Å². The van der Waals surface area contributed by atoms with Crippen LogP contribution in [0.2, 0.25) is 5.02 Å². The number of ether oxygens (including phenoxy) is 1. The number of nitrogens with one attached hydrogen (secondary N) is 2. The molecule has 0 saturated heterocycles. The average molecular weight is 385 g/mol. The molecule has 2 N–H and O–H groups in total. The summed E-state index contributed by atoms with van der Waals surface area (Å²) in [6, 6.07) is 7.30. The first-order valence-corrected chi connectivity index (χ1v) is 8.43. The Morgan fingerprint density at radius 1 is 1.44 bits per heavy atom. The Hall–Kier alpha value is -1.76. The molecule has 8 heteroatoms. The maximum Gasteiger partial charge on any atom is 0.274 e. The zero-order chi connectivity index (χ0) is 16.9. The number of H-pyrrole nitrogens is 1. The van der Waals surface area contributed by atoms with E-state index in [0.29, 0.717) is 30.4 Å². The highest BCUT2D eigenvalue weighted by atomic mass is 35.5. The minimum absolute atomic E-state index is 0. The summed E-state index contributed by atoms with van der Waals surface area (Å²) in [5.41, 5.74) is 2.58. The number of hydrogen-bond donors (Lipinski definition) is 2. The topological polar surface area (TPSA) is 70.2 Å². The molecule has 0 aliphatic carbocycles. The Balaban J connectivity index is 0.00000225. The van der Waals surface area contributed by atoms with Gasteiger partial charge in [-0.15, -0.1) is 12.4 Å². The molecule has 0 atom stereocenters. The van der Waals surface area contributed by atoms with E-state index in [0.717, 1.165) is 36.4 Å². The van der Waals surface area contributed by atoms with Gasteiger partial charge in [0.05, 0.1) is 6.61 Å². The summed E-state index contributed by atoms with van der Waals surface area (Å²) >= 11 is 5.92. The van der Waals surface area contributed by atoms with Gasteiger partial charge in [0.25, 0.3) is 5.91 Å². The molecule has 1 aliphatic heterocycles. The van der Waals surface area contributed by atoms with Crippen molar-refractivity contribution in [2.75, 3.05) is 26.7 Å². The Labute approximate surface area is 158 Å². The fourth-order valence-corrected chi connectivity index (χ4v) is 2.91. The van der Waals surface area contributed by atoms with Crippen LogP contribution in [0.25, 0.3) is 0 Å². The summed E-state index contributed by atoms with van der Waals surface area (Å²) in [5, 5.41) is 11.1. The molecule has 0 unspecified atom stereocenters. The molecular weight excluding hydrogens is 363 g/mol. The third-order valence-electron chi connectivity index (χ3n) is 4.06. The minimum atomic E-state index is -0.0565. The molecule has 1 aliphatic rings. The highest BCUT2D eigenvalue weighted by Gasteiger charge is 2.23. The fraction of sp³-hybridized carbons (Fsp3) is 0.412. The SMILES string of the molecule is CN(CCCOc1cccc(Cl)c1)C(=O)c1n[nH]c2c1CNCC2.Cl.